The molecule has 0 amide bonds. The number of fused-ring (bicyclic) bond motifs is 1. The highest BCUT2D eigenvalue weighted by Crippen LogP contribution is 2.37. The topological polar surface area (TPSA) is 118 Å². The van der Waals surface area contributed by atoms with Gasteiger partial charge in [0.25, 0.3) is 5.88 Å². The summed E-state index contributed by atoms with van der Waals surface area (Å²) in [6, 6.07) is 16.6. The largest absolute Gasteiger partial charge is 0.491 e. The fourth-order valence-corrected chi connectivity index (χ4v) is 5.48. The van der Waals surface area contributed by atoms with Crippen molar-refractivity contribution >= 4 is 11.0 Å². The molecular formula is C28H30N8O. The number of benzene rings is 2. The molecule has 0 spiro atoms. The van der Waals surface area contributed by atoms with E-state index >= 15 is 0 Å². The number of tetrazole rings is 1. The van der Waals surface area contributed by atoms with Crippen LogP contribution in [0.15, 0.2) is 48.5 Å². The van der Waals surface area contributed by atoms with Gasteiger partial charge in [-0.05, 0) is 45.9 Å². The van der Waals surface area contributed by atoms with Gasteiger partial charge in [0.1, 0.15) is 16.9 Å². The SMILES string of the molecule is CC(C)c1nnc(O)c2c1nc(C1CCCCC1)n2Cc1ccc(-c2ccccc2-c2nnn[nH]2)cc1. The molecule has 2 N–H and O–H groups in total. The quantitative estimate of drug-likeness (QED) is 0.315. The minimum atomic E-state index is -0.0554. The summed E-state index contributed by atoms with van der Waals surface area (Å²) < 4.78 is 2.17. The Bertz CT molecular complexity index is 1520. The molecule has 3 aromatic heterocycles. The highest BCUT2D eigenvalue weighted by molar-refractivity contribution is 5.83. The van der Waals surface area contributed by atoms with Crippen LogP contribution in [0, 0.1) is 0 Å². The first-order valence-corrected chi connectivity index (χ1v) is 13.0. The fourth-order valence-electron chi connectivity index (χ4n) is 5.48. The second kappa shape index (κ2) is 9.72. The number of hydrogen-bond acceptors (Lipinski definition) is 7. The summed E-state index contributed by atoms with van der Waals surface area (Å²) in [7, 11) is 0. The van der Waals surface area contributed by atoms with E-state index in [1.165, 1.54) is 19.3 Å². The van der Waals surface area contributed by atoms with Crippen molar-refractivity contribution < 1.29 is 5.11 Å². The third-order valence-electron chi connectivity index (χ3n) is 7.35. The number of nitrogens with one attached hydrogen (secondary N) is 1. The van der Waals surface area contributed by atoms with E-state index in [0.29, 0.717) is 23.8 Å². The monoisotopic (exact) mass is 494 g/mol. The Morgan fingerprint density at radius 1 is 0.946 bits per heavy atom. The Hall–Kier alpha value is -4.14. The van der Waals surface area contributed by atoms with Crippen molar-refractivity contribution in [3.05, 3.63) is 65.6 Å². The minimum absolute atomic E-state index is 0.0554. The molecule has 0 atom stereocenters. The van der Waals surface area contributed by atoms with Crippen molar-refractivity contribution in [3.63, 3.8) is 0 Å². The van der Waals surface area contributed by atoms with Gasteiger partial charge in [-0.2, -0.15) is 0 Å². The van der Waals surface area contributed by atoms with E-state index in [1.54, 1.807) is 0 Å². The summed E-state index contributed by atoms with van der Waals surface area (Å²) >= 11 is 0. The van der Waals surface area contributed by atoms with Crippen molar-refractivity contribution in [3.8, 4) is 28.4 Å². The second-order valence-electron chi connectivity index (χ2n) is 10.1. The van der Waals surface area contributed by atoms with E-state index in [0.717, 1.165) is 52.1 Å². The van der Waals surface area contributed by atoms with Gasteiger partial charge in [0.05, 0.1) is 5.69 Å². The molecule has 0 saturated heterocycles. The first kappa shape index (κ1) is 23.3. The lowest BCUT2D eigenvalue weighted by molar-refractivity contribution is 0.417. The molecule has 0 radical (unpaired) electrons. The van der Waals surface area contributed by atoms with E-state index in [1.807, 2.05) is 18.2 Å². The molecule has 1 aliphatic rings. The van der Waals surface area contributed by atoms with Crippen LogP contribution in [0.3, 0.4) is 0 Å². The van der Waals surface area contributed by atoms with Crippen molar-refractivity contribution in [2.24, 2.45) is 0 Å². The van der Waals surface area contributed by atoms with Crippen LogP contribution in [-0.2, 0) is 6.54 Å². The lowest BCUT2D eigenvalue weighted by Crippen LogP contribution is -2.13. The second-order valence-corrected chi connectivity index (χ2v) is 10.1. The normalized spacial score (nSPS) is 14.6. The first-order valence-electron chi connectivity index (χ1n) is 13.0. The molecule has 37 heavy (non-hydrogen) atoms. The standard InChI is InChI=1S/C28H30N8O/c1-17(2)23-24-25(28(37)33-30-23)36(27(29-24)20-8-4-3-5-9-20)16-18-12-14-19(15-13-18)21-10-6-7-11-22(21)26-31-34-35-32-26/h6-7,10-15,17,20H,3-5,8-9,16H2,1-2H3,(H,33,37)(H,31,32,34,35). The summed E-state index contributed by atoms with van der Waals surface area (Å²) in [4.78, 5) is 5.10. The van der Waals surface area contributed by atoms with Gasteiger partial charge in [-0.3, -0.25) is 0 Å². The number of hydrogen-bond donors (Lipinski definition) is 2. The average molecular weight is 495 g/mol. The smallest absolute Gasteiger partial charge is 0.257 e. The molecule has 188 valence electrons. The van der Waals surface area contributed by atoms with Gasteiger partial charge in [-0.25, -0.2) is 10.1 Å². The number of H-pyrrole nitrogens is 1. The predicted molar refractivity (Wildman–Crippen MR) is 141 cm³/mol. The molecule has 1 saturated carbocycles. The maximum absolute atomic E-state index is 10.8. The van der Waals surface area contributed by atoms with Crippen LogP contribution in [-0.4, -0.2) is 45.5 Å². The minimum Gasteiger partial charge on any atom is -0.491 e. The van der Waals surface area contributed by atoms with Gasteiger partial charge in [-0.1, -0.05) is 81.6 Å². The summed E-state index contributed by atoms with van der Waals surface area (Å²) in [5.41, 5.74) is 6.50. The van der Waals surface area contributed by atoms with E-state index in [-0.39, 0.29) is 11.8 Å². The molecule has 5 aromatic rings. The van der Waals surface area contributed by atoms with Gasteiger partial charge in [-0.15, -0.1) is 15.3 Å². The van der Waals surface area contributed by atoms with Crippen LogP contribution in [0.4, 0.5) is 0 Å². The molecule has 1 aliphatic carbocycles. The number of aromatic amines is 1. The summed E-state index contributed by atoms with van der Waals surface area (Å²) in [5.74, 6) is 2.16. The summed E-state index contributed by atoms with van der Waals surface area (Å²) in [5, 5.41) is 33.6. The lowest BCUT2D eigenvalue weighted by Gasteiger charge is -2.22. The average Bonchev–Trinajstić information content (AvgIpc) is 3.59. The maximum atomic E-state index is 10.8. The third kappa shape index (κ3) is 4.34. The number of imidazole rings is 1. The molecule has 0 aliphatic heterocycles. The molecule has 6 rings (SSSR count). The molecule has 1 fully saturated rings. The first-order chi connectivity index (χ1) is 18.1. The van der Waals surface area contributed by atoms with Crippen molar-refractivity contribution in [2.75, 3.05) is 0 Å². The van der Waals surface area contributed by atoms with E-state index in [9.17, 15) is 5.11 Å². The van der Waals surface area contributed by atoms with Crippen LogP contribution >= 0.6 is 0 Å². The van der Waals surface area contributed by atoms with Gasteiger partial charge in [0.15, 0.2) is 5.82 Å². The third-order valence-corrected chi connectivity index (χ3v) is 7.35. The number of nitrogens with zero attached hydrogens (tertiary/aromatic N) is 7. The zero-order valence-corrected chi connectivity index (χ0v) is 21.1. The zero-order chi connectivity index (χ0) is 25.4. The Morgan fingerprint density at radius 3 is 2.41 bits per heavy atom. The highest BCUT2D eigenvalue weighted by Gasteiger charge is 2.27. The van der Waals surface area contributed by atoms with Crippen LogP contribution in [0.2, 0.25) is 0 Å². The van der Waals surface area contributed by atoms with E-state index in [2.05, 4.69) is 79.6 Å². The Labute approximate surface area is 215 Å². The predicted octanol–water partition coefficient (Wildman–Crippen LogP) is 5.60. The molecule has 3 heterocycles. The molecule has 9 nitrogen and oxygen atoms in total. The molecular weight excluding hydrogens is 464 g/mol. The van der Waals surface area contributed by atoms with E-state index < -0.39 is 0 Å². The van der Waals surface area contributed by atoms with Gasteiger partial charge in [0, 0.05) is 18.0 Å². The van der Waals surface area contributed by atoms with Gasteiger partial charge >= 0.3 is 0 Å². The number of aromatic hydroxyl groups is 1. The van der Waals surface area contributed by atoms with Crippen molar-refractivity contribution in [2.45, 2.75) is 64.3 Å². The van der Waals surface area contributed by atoms with Gasteiger partial charge in [0.2, 0.25) is 0 Å². The summed E-state index contributed by atoms with van der Waals surface area (Å²) in [6.45, 7) is 4.78. The fraction of sp³-hybridized carbons (Fsp3) is 0.357. The Morgan fingerprint density at radius 2 is 1.70 bits per heavy atom. The van der Waals surface area contributed by atoms with Crippen LogP contribution in [0.1, 0.15) is 74.9 Å². The Kier molecular flexibility index (Phi) is 6.12. The molecule has 9 heteroatoms. The zero-order valence-electron chi connectivity index (χ0n) is 21.1. The highest BCUT2D eigenvalue weighted by atomic mass is 16.3. The molecule has 0 bridgehead atoms. The van der Waals surface area contributed by atoms with Gasteiger partial charge < -0.3 is 9.67 Å². The molecule has 0 unspecified atom stereocenters. The van der Waals surface area contributed by atoms with Crippen LogP contribution in [0.25, 0.3) is 33.5 Å². The maximum Gasteiger partial charge on any atom is 0.257 e. The lowest BCUT2D eigenvalue weighted by atomic mass is 9.88. The van der Waals surface area contributed by atoms with Crippen molar-refractivity contribution in [1.82, 2.24) is 40.4 Å². The van der Waals surface area contributed by atoms with Crippen molar-refractivity contribution in [1.29, 1.82) is 0 Å². The van der Waals surface area contributed by atoms with Crippen LogP contribution in [0.5, 0.6) is 5.88 Å². The van der Waals surface area contributed by atoms with E-state index in [4.69, 9.17) is 4.98 Å². The Balaban J connectivity index is 1.40. The van der Waals surface area contributed by atoms with Crippen LogP contribution < -0.4 is 0 Å². The number of aromatic nitrogens is 8. The number of rotatable bonds is 6. The molecule has 2 aromatic carbocycles. The summed E-state index contributed by atoms with van der Waals surface area (Å²) in [6.07, 6.45) is 5.93.